The van der Waals surface area contributed by atoms with Crippen molar-refractivity contribution in [3.63, 3.8) is 0 Å². The third kappa shape index (κ3) is 5.69. The van der Waals surface area contributed by atoms with Gasteiger partial charge < -0.3 is 5.32 Å². The number of benzene rings is 2. The molecule has 0 aliphatic carbocycles. The van der Waals surface area contributed by atoms with Crippen molar-refractivity contribution >= 4 is 33.0 Å². The number of hydrogen-bond donors (Lipinski definition) is 2. The lowest BCUT2D eigenvalue weighted by Crippen LogP contribution is -2.34. The zero-order chi connectivity index (χ0) is 21.6. The van der Waals surface area contributed by atoms with Gasteiger partial charge in [0.15, 0.2) is 0 Å². The zero-order valence-corrected chi connectivity index (χ0v) is 17.3. The van der Waals surface area contributed by atoms with E-state index < -0.39 is 20.9 Å². The molecule has 30 heavy (non-hydrogen) atoms. The van der Waals surface area contributed by atoms with Gasteiger partial charge >= 0.3 is 0 Å². The summed E-state index contributed by atoms with van der Waals surface area (Å²) in [7, 11) is -3.93. The van der Waals surface area contributed by atoms with Crippen LogP contribution in [0.15, 0.2) is 64.9 Å². The summed E-state index contributed by atoms with van der Waals surface area (Å²) in [6.07, 6.45) is 0.627. The van der Waals surface area contributed by atoms with Gasteiger partial charge in [0.25, 0.3) is 11.6 Å². The van der Waals surface area contributed by atoms with E-state index in [1.165, 1.54) is 29.5 Å². The van der Waals surface area contributed by atoms with Gasteiger partial charge in [-0.2, -0.15) is 0 Å². The molecule has 11 heteroatoms. The normalized spacial score (nSPS) is 11.2. The van der Waals surface area contributed by atoms with Gasteiger partial charge in [-0.05, 0) is 11.6 Å². The Labute approximate surface area is 177 Å². The summed E-state index contributed by atoms with van der Waals surface area (Å²) in [6, 6.07) is 14.5. The van der Waals surface area contributed by atoms with Crippen molar-refractivity contribution in [3.8, 4) is 0 Å². The maximum Gasteiger partial charge on any atom is 0.270 e. The van der Waals surface area contributed by atoms with Crippen LogP contribution in [0.2, 0.25) is 0 Å². The Morgan fingerprint density at radius 3 is 2.60 bits per heavy atom. The van der Waals surface area contributed by atoms with Crippen molar-refractivity contribution in [1.29, 1.82) is 0 Å². The highest BCUT2D eigenvalue weighted by Crippen LogP contribution is 2.17. The quantitative estimate of drug-likeness (QED) is 0.295. The number of thiazole rings is 1. The zero-order valence-electron chi connectivity index (χ0n) is 15.6. The molecule has 0 aliphatic heterocycles. The van der Waals surface area contributed by atoms with E-state index in [4.69, 9.17) is 0 Å². The van der Waals surface area contributed by atoms with E-state index in [2.05, 4.69) is 15.0 Å². The second-order valence-electron chi connectivity index (χ2n) is 6.20. The smallest absolute Gasteiger partial charge is 0.270 e. The summed E-state index contributed by atoms with van der Waals surface area (Å²) in [5.41, 5.74) is 1.04. The van der Waals surface area contributed by atoms with Gasteiger partial charge in [-0.15, -0.1) is 11.3 Å². The number of nitrogens with zero attached hydrogens (tertiary/aromatic N) is 2. The fourth-order valence-electron chi connectivity index (χ4n) is 2.57. The lowest BCUT2D eigenvalue weighted by Gasteiger charge is -2.07. The molecule has 0 saturated carbocycles. The summed E-state index contributed by atoms with van der Waals surface area (Å²) >= 11 is 1.38. The molecule has 3 aromatic rings. The van der Waals surface area contributed by atoms with E-state index >= 15 is 0 Å². The van der Waals surface area contributed by atoms with E-state index in [9.17, 15) is 23.3 Å². The molecule has 0 atom stereocenters. The Morgan fingerprint density at radius 1 is 1.10 bits per heavy atom. The van der Waals surface area contributed by atoms with Crippen LogP contribution in [0.25, 0.3) is 0 Å². The van der Waals surface area contributed by atoms with Gasteiger partial charge in [0.2, 0.25) is 10.0 Å². The van der Waals surface area contributed by atoms with Crippen LogP contribution in [-0.2, 0) is 16.4 Å². The summed E-state index contributed by atoms with van der Waals surface area (Å²) in [5.74, 6) is -0.403. The lowest BCUT2D eigenvalue weighted by atomic mass is 10.2. The van der Waals surface area contributed by atoms with Crippen molar-refractivity contribution < 1.29 is 18.1 Å². The number of aromatic nitrogens is 1. The van der Waals surface area contributed by atoms with Crippen LogP contribution in [0, 0.1) is 10.1 Å². The summed E-state index contributed by atoms with van der Waals surface area (Å²) in [6.45, 7) is -0.0314. The molecule has 2 N–H and O–H groups in total. The molecule has 0 aliphatic rings. The number of sulfonamides is 1. The molecule has 0 fully saturated rings. The summed E-state index contributed by atoms with van der Waals surface area (Å²) in [4.78, 5) is 26.4. The first-order chi connectivity index (χ1) is 14.3. The number of nitro groups is 1. The molecule has 0 spiro atoms. The number of amides is 1. The van der Waals surface area contributed by atoms with Gasteiger partial charge in [0, 0.05) is 37.0 Å². The van der Waals surface area contributed by atoms with Crippen LogP contribution < -0.4 is 10.0 Å². The van der Waals surface area contributed by atoms with Crippen molar-refractivity contribution in [3.05, 3.63) is 86.4 Å². The molecule has 0 unspecified atom stereocenters. The number of carbonyl (C=O) groups is 1. The highest BCUT2D eigenvalue weighted by atomic mass is 32.2. The second-order valence-corrected chi connectivity index (χ2v) is 8.91. The van der Waals surface area contributed by atoms with Gasteiger partial charge in [-0.25, -0.2) is 18.1 Å². The minimum atomic E-state index is -3.93. The Bertz CT molecular complexity index is 1150. The third-order valence-electron chi connectivity index (χ3n) is 4.02. The van der Waals surface area contributed by atoms with Gasteiger partial charge in [0.05, 0.1) is 14.8 Å². The molecular formula is C19H18N4O5S2. The van der Waals surface area contributed by atoms with Crippen molar-refractivity contribution in [1.82, 2.24) is 15.0 Å². The summed E-state index contributed by atoms with van der Waals surface area (Å²) in [5, 5.41) is 15.8. The fraction of sp³-hybridized carbons (Fsp3) is 0.158. The van der Waals surface area contributed by atoms with Gasteiger partial charge in [-0.1, -0.05) is 36.4 Å². The van der Waals surface area contributed by atoms with E-state index in [-0.39, 0.29) is 29.4 Å². The number of rotatable bonds is 9. The number of non-ortho nitro benzene ring substituents is 1. The second kappa shape index (κ2) is 9.57. The topological polar surface area (TPSA) is 131 Å². The highest BCUT2D eigenvalue weighted by molar-refractivity contribution is 7.89. The predicted molar refractivity (Wildman–Crippen MR) is 112 cm³/mol. The molecular weight excluding hydrogens is 428 g/mol. The summed E-state index contributed by atoms with van der Waals surface area (Å²) < 4.78 is 26.8. The van der Waals surface area contributed by atoms with Crippen LogP contribution in [0.4, 0.5) is 5.69 Å². The van der Waals surface area contributed by atoms with Gasteiger partial charge in [0.1, 0.15) is 5.69 Å². The highest BCUT2D eigenvalue weighted by Gasteiger charge is 2.17. The molecule has 0 bridgehead atoms. The standard InChI is InChI=1S/C19H18N4O5S2/c24-19(17-13-29-18(22-17)11-14-5-2-1-3-6-14)20-9-10-21-30(27,28)16-8-4-7-15(12-16)23(25)26/h1-8,12-13,21H,9-11H2,(H,20,24). The van der Waals surface area contributed by atoms with Crippen LogP contribution in [-0.4, -0.2) is 37.3 Å². The van der Waals surface area contributed by atoms with Crippen LogP contribution >= 0.6 is 11.3 Å². The number of hydrogen-bond acceptors (Lipinski definition) is 7. The maximum atomic E-state index is 12.2. The largest absolute Gasteiger partial charge is 0.349 e. The van der Waals surface area contributed by atoms with Crippen LogP contribution in [0.1, 0.15) is 21.1 Å². The molecule has 1 aromatic heterocycles. The van der Waals surface area contributed by atoms with Crippen LogP contribution in [0.3, 0.4) is 0 Å². The van der Waals surface area contributed by atoms with E-state index in [1.807, 2.05) is 30.3 Å². The van der Waals surface area contributed by atoms with Crippen molar-refractivity contribution in [2.75, 3.05) is 13.1 Å². The first kappa shape index (κ1) is 21.6. The molecule has 156 valence electrons. The predicted octanol–water partition coefficient (Wildman–Crippen LogP) is 2.35. The Balaban J connectivity index is 1.50. The third-order valence-corrected chi connectivity index (χ3v) is 6.33. The van der Waals surface area contributed by atoms with Gasteiger partial charge in [-0.3, -0.25) is 14.9 Å². The van der Waals surface area contributed by atoms with Crippen molar-refractivity contribution in [2.45, 2.75) is 11.3 Å². The van der Waals surface area contributed by atoms with Crippen molar-refractivity contribution in [2.24, 2.45) is 0 Å². The monoisotopic (exact) mass is 446 g/mol. The molecule has 2 aromatic carbocycles. The maximum absolute atomic E-state index is 12.2. The molecule has 0 saturated heterocycles. The average Bonchev–Trinajstić information content (AvgIpc) is 3.20. The molecule has 1 amide bonds. The molecule has 0 radical (unpaired) electrons. The Hall–Kier alpha value is -3.15. The molecule has 1 heterocycles. The van der Waals surface area contributed by atoms with E-state index in [0.717, 1.165) is 16.6 Å². The Morgan fingerprint density at radius 2 is 1.87 bits per heavy atom. The molecule has 3 rings (SSSR count). The fourth-order valence-corrected chi connectivity index (χ4v) is 4.45. The lowest BCUT2D eigenvalue weighted by molar-refractivity contribution is -0.385. The van der Waals surface area contributed by atoms with E-state index in [0.29, 0.717) is 6.42 Å². The number of carbonyl (C=O) groups excluding carboxylic acids is 1. The Kier molecular flexibility index (Phi) is 6.87. The van der Waals surface area contributed by atoms with Crippen LogP contribution in [0.5, 0.6) is 0 Å². The number of nitrogens with one attached hydrogen (secondary N) is 2. The first-order valence-electron chi connectivity index (χ1n) is 8.86. The SMILES string of the molecule is O=C(NCCNS(=O)(=O)c1cccc([N+](=O)[O-])c1)c1csc(Cc2ccccc2)n1. The average molecular weight is 447 g/mol. The molecule has 9 nitrogen and oxygen atoms in total. The number of nitro benzene ring substituents is 1. The minimum Gasteiger partial charge on any atom is -0.349 e. The van der Waals surface area contributed by atoms with E-state index in [1.54, 1.807) is 5.38 Å². The minimum absolute atomic E-state index is 0.0402. The first-order valence-corrected chi connectivity index (χ1v) is 11.2.